The molecule has 0 atom stereocenters. The zero-order valence-corrected chi connectivity index (χ0v) is 11.4. The van der Waals surface area contributed by atoms with E-state index in [0.717, 1.165) is 23.8 Å². The largest absolute Gasteiger partial charge is 0.486 e. The van der Waals surface area contributed by atoms with Crippen LogP contribution >= 0.6 is 0 Å². The summed E-state index contributed by atoms with van der Waals surface area (Å²) in [5, 5.41) is 0. The van der Waals surface area contributed by atoms with E-state index in [9.17, 15) is 13.6 Å². The van der Waals surface area contributed by atoms with Crippen LogP contribution in [0.15, 0.2) is 42.5 Å². The molecule has 0 aliphatic heterocycles. The van der Waals surface area contributed by atoms with Crippen molar-refractivity contribution >= 4 is 5.97 Å². The summed E-state index contributed by atoms with van der Waals surface area (Å²) in [6, 6.07) is 9.55. The lowest BCUT2D eigenvalue weighted by Gasteiger charge is -2.08. The van der Waals surface area contributed by atoms with Crippen LogP contribution in [0.2, 0.25) is 0 Å². The molecule has 0 aliphatic carbocycles. The van der Waals surface area contributed by atoms with Gasteiger partial charge in [-0.15, -0.1) is 0 Å². The van der Waals surface area contributed by atoms with Crippen molar-refractivity contribution in [3.8, 4) is 5.75 Å². The molecular formula is C16H14F2O3. The van der Waals surface area contributed by atoms with Crippen molar-refractivity contribution in [2.45, 2.75) is 13.5 Å². The number of rotatable bonds is 5. The van der Waals surface area contributed by atoms with Crippen molar-refractivity contribution in [2.75, 3.05) is 6.61 Å². The first-order valence-electron chi connectivity index (χ1n) is 6.44. The van der Waals surface area contributed by atoms with Crippen molar-refractivity contribution in [1.29, 1.82) is 0 Å². The van der Waals surface area contributed by atoms with E-state index in [2.05, 4.69) is 0 Å². The summed E-state index contributed by atoms with van der Waals surface area (Å²) in [6.07, 6.45) is 0. The molecule has 21 heavy (non-hydrogen) atoms. The minimum atomic E-state index is -0.625. The van der Waals surface area contributed by atoms with Crippen molar-refractivity contribution < 1.29 is 23.0 Å². The van der Waals surface area contributed by atoms with Crippen LogP contribution < -0.4 is 4.74 Å². The standard InChI is InChI=1S/C16H14F2O3/c1-2-20-16(19)12-5-3-11(4-6-12)10-21-15-9-13(17)7-8-14(15)18/h3-9H,2,10H2,1H3. The highest BCUT2D eigenvalue weighted by Gasteiger charge is 2.07. The molecule has 2 rings (SSSR count). The van der Waals surface area contributed by atoms with E-state index in [4.69, 9.17) is 9.47 Å². The predicted octanol–water partition coefficient (Wildman–Crippen LogP) is 3.72. The molecule has 5 heteroatoms. The van der Waals surface area contributed by atoms with E-state index in [0.29, 0.717) is 12.2 Å². The maximum Gasteiger partial charge on any atom is 0.338 e. The number of halogens is 2. The topological polar surface area (TPSA) is 35.5 Å². The normalized spacial score (nSPS) is 10.2. The summed E-state index contributed by atoms with van der Waals surface area (Å²) >= 11 is 0. The number of carbonyl (C=O) groups is 1. The number of ether oxygens (including phenoxy) is 2. The molecule has 0 unspecified atom stereocenters. The highest BCUT2D eigenvalue weighted by atomic mass is 19.1. The third kappa shape index (κ3) is 4.02. The Balaban J connectivity index is 2.00. The Morgan fingerprint density at radius 3 is 2.48 bits per heavy atom. The van der Waals surface area contributed by atoms with E-state index in [1.165, 1.54) is 0 Å². The molecule has 0 heterocycles. The lowest BCUT2D eigenvalue weighted by atomic mass is 10.1. The van der Waals surface area contributed by atoms with Gasteiger partial charge in [-0.3, -0.25) is 0 Å². The molecule has 2 aromatic rings. The highest BCUT2D eigenvalue weighted by molar-refractivity contribution is 5.89. The van der Waals surface area contributed by atoms with Crippen LogP contribution in [-0.2, 0) is 11.3 Å². The Bertz CT molecular complexity index is 624. The number of hydrogen-bond acceptors (Lipinski definition) is 3. The van der Waals surface area contributed by atoms with Crippen LogP contribution in [-0.4, -0.2) is 12.6 Å². The summed E-state index contributed by atoms with van der Waals surface area (Å²) < 4.78 is 36.4. The van der Waals surface area contributed by atoms with Gasteiger partial charge in [0.2, 0.25) is 0 Å². The second-order valence-electron chi connectivity index (χ2n) is 4.28. The second kappa shape index (κ2) is 6.83. The van der Waals surface area contributed by atoms with E-state index in [1.807, 2.05) is 0 Å². The van der Waals surface area contributed by atoms with Crippen molar-refractivity contribution in [3.05, 3.63) is 65.2 Å². The van der Waals surface area contributed by atoms with Gasteiger partial charge in [0.05, 0.1) is 12.2 Å². The van der Waals surface area contributed by atoms with Gasteiger partial charge in [0.1, 0.15) is 12.4 Å². The summed E-state index contributed by atoms with van der Waals surface area (Å²) in [5.74, 6) is -1.74. The maximum absolute atomic E-state index is 13.4. The lowest BCUT2D eigenvalue weighted by Crippen LogP contribution is -2.05. The molecule has 0 radical (unpaired) electrons. The van der Waals surface area contributed by atoms with E-state index >= 15 is 0 Å². The molecule has 0 saturated heterocycles. The number of benzene rings is 2. The third-order valence-electron chi connectivity index (χ3n) is 2.75. The van der Waals surface area contributed by atoms with Crippen LogP contribution in [0.5, 0.6) is 5.75 Å². The molecule has 0 saturated carbocycles. The Morgan fingerprint density at radius 1 is 1.10 bits per heavy atom. The van der Waals surface area contributed by atoms with Gasteiger partial charge < -0.3 is 9.47 Å². The minimum Gasteiger partial charge on any atom is -0.486 e. The summed E-state index contributed by atoms with van der Waals surface area (Å²) in [6.45, 7) is 2.11. The molecule has 0 aliphatic rings. The molecule has 2 aromatic carbocycles. The zero-order chi connectivity index (χ0) is 15.2. The maximum atomic E-state index is 13.4. The quantitative estimate of drug-likeness (QED) is 0.788. The molecular weight excluding hydrogens is 278 g/mol. The summed E-state index contributed by atoms with van der Waals surface area (Å²) in [7, 11) is 0. The minimum absolute atomic E-state index is 0.0729. The summed E-state index contributed by atoms with van der Waals surface area (Å²) in [5.41, 5.74) is 1.16. The molecule has 0 spiro atoms. The predicted molar refractivity (Wildman–Crippen MR) is 73.1 cm³/mol. The average molecular weight is 292 g/mol. The van der Waals surface area contributed by atoms with E-state index in [1.54, 1.807) is 31.2 Å². The van der Waals surface area contributed by atoms with Gasteiger partial charge in [0, 0.05) is 6.07 Å². The lowest BCUT2D eigenvalue weighted by molar-refractivity contribution is 0.0526. The first kappa shape index (κ1) is 15.0. The van der Waals surface area contributed by atoms with Crippen LogP contribution in [0, 0.1) is 11.6 Å². The third-order valence-corrected chi connectivity index (χ3v) is 2.75. The average Bonchev–Trinajstić information content (AvgIpc) is 2.49. The fourth-order valence-corrected chi connectivity index (χ4v) is 1.70. The van der Waals surface area contributed by atoms with Crippen LogP contribution in [0.4, 0.5) is 8.78 Å². The molecule has 0 N–H and O–H groups in total. The Morgan fingerprint density at radius 2 is 1.81 bits per heavy atom. The summed E-state index contributed by atoms with van der Waals surface area (Å²) in [4.78, 5) is 11.5. The molecule has 3 nitrogen and oxygen atoms in total. The first-order chi connectivity index (χ1) is 10.1. The van der Waals surface area contributed by atoms with Crippen LogP contribution in [0.25, 0.3) is 0 Å². The number of hydrogen-bond donors (Lipinski definition) is 0. The SMILES string of the molecule is CCOC(=O)c1ccc(COc2cc(F)ccc2F)cc1. The van der Waals surface area contributed by atoms with Crippen LogP contribution in [0.3, 0.4) is 0 Å². The molecule has 0 bridgehead atoms. The highest BCUT2D eigenvalue weighted by Crippen LogP contribution is 2.19. The molecule has 0 aromatic heterocycles. The fraction of sp³-hybridized carbons (Fsp3) is 0.188. The monoisotopic (exact) mass is 292 g/mol. The van der Waals surface area contributed by atoms with Crippen molar-refractivity contribution in [2.24, 2.45) is 0 Å². The zero-order valence-electron chi connectivity index (χ0n) is 11.4. The molecule has 0 amide bonds. The van der Waals surface area contributed by atoms with Gasteiger partial charge >= 0.3 is 5.97 Å². The van der Waals surface area contributed by atoms with Gasteiger partial charge in [-0.2, -0.15) is 0 Å². The van der Waals surface area contributed by atoms with Gasteiger partial charge in [0.15, 0.2) is 11.6 Å². The number of esters is 1. The number of carbonyl (C=O) groups excluding carboxylic acids is 1. The van der Waals surface area contributed by atoms with Gasteiger partial charge in [0.25, 0.3) is 0 Å². The molecule has 110 valence electrons. The Labute approximate surface area is 121 Å². The van der Waals surface area contributed by atoms with Gasteiger partial charge in [-0.05, 0) is 36.8 Å². The van der Waals surface area contributed by atoms with E-state index < -0.39 is 17.6 Å². The van der Waals surface area contributed by atoms with Gasteiger partial charge in [-0.25, -0.2) is 13.6 Å². The Kier molecular flexibility index (Phi) is 4.87. The van der Waals surface area contributed by atoms with Gasteiger partial charge in [-0.1, -0.05) is 12.1 Å². The van der Waals surface area contributed by atoms with Crippen molar-refractivity contribution in [1.82, 2.24) is 0 Å². The molecule has 0 fully saturated rings. The van der Waals surface area contributed by atoms with Crippen molar-refractivity contribution in [3.63, 3.8) is 0 Å². The van der Waals surface area contributed by atoms with Crippen LogP contribution in [0.1, 0.15) is 22.8 Å². The first-order valence-corrected chi connectivity index (χ1v) is 6.44. The fourth-order valence-electron chi connectivity index (χ4n) is 1.70. The van der Waals surface area contributed by atoms with E-state index in [-0.39, 0.29) is 12.4 Å². The second-order valence-corrected chi connectivity index (χ2v) is 4.28. The smallest absolute Gasteiger partial charge is 0.338 e. The Hall–Kier alpha value is -2.43.